The molecule has 1 saturated heterocycles. The van der Waals surface area contributed by atoms with Gasteiger partial charge in [0.25, 0.3) is 0 Å². The highest BCUT2D eigenvalue weighted by Crippen LogP contribution is 2.27. The minimum atomic E-state index is 0.209. The Morgan fingerprint density at radius 2 is 1.90 bits per heavy atom. The topological polar surface area (TPSA) is 75.4 Å². The largest absolute Gasteiger partial charge is 0.353 e. The van der Waals surface area contributed by atoms with Crippen molar-refractivity contribution < 1.29 is 9.32 Å². The van der Waals surface area contributed by atoms with Crippen LogP contribution in [0.2, 0.25) is 0 Å². The summed E-state index contributed by atoms with van der Waals surface area (Å²) in [6.07, 6.45) is 8.88. The molecule has 2 aromatic heterocycles. The van der Waals surface area contributed by atoms with E-state index in [1.54, 1.807) is 6.20 Å². The third-order valence-electron chi connectivity index (χ3n) is 6.09. The van der Waals surface area contributed by atoms with E-state index in [4.69, 9.17) is 4.52 Å². The first-order chi connectivity index (χ1) is 14.1. The highest BCUT2D eigenvalue weighted by atomic mass is 16.5. The maximum atomic E-state index is 12.6. The van der Waals surface area contributed by atoms with Crippen molar-refractivity contribution in [3.8, 4) is 11.4 Å². The SMILES string of the molecule is CC(C)c1nc(-c2ccc(N3CCN(C(=O)CC4CCCCC4)CC3)nc2)no1. The molecule has 0 aromatic carbocycles. The summed E-state index contributed by atoms with van der Waals surface area (Å²) in [6.45, 7) is 7.25. The van der Waals surface area contributed by atoms with Crippen molar-refractivity contribution in [3.05, 3.63) is 24.2 Å². The van der Waals surface area contributed by atoms with Gasteiger partial charge in [0, 0.05) is 50.3 Å². The number of piperazine rings is 1. The van der Waals surface area contributed by atoms with Crippen LogP contribution in [0, 0.1) is 5.92 Å². The molecule has 0 atom stereocenters. The van der Waals surface area contributed by atoms with Gasteiger partial charge >= 0.3 is 0 Å². The molecule has 2 aromatic rings. The Labute approximate surface area is 172 Å². The standard InChI is InChI=1S/C22H31N5O2/c1-16(2)22-24-21(25-29-22)18-8-9-19(23-15-18)26-10-12-27(13-11-26)20(28)14-17-6-4-3-5-7-17/h8-9,15-17H,3-7,10-14H2,1-2H3. The van der Waals surface area contributed by atoms with Crippen LogP contribution in [0.25, 0.3) is 11.4 Å². The molecular formula is C22H31N5O2. The number of rotatable bonds is 5. The number of pyridine rings is 1. The molecule has 2 aliphatic rings. The average molecular weight is 398 g/mol. The fourth-order valence-corrected chi connectivity index (χ4v) is 4.24. The summed E-state index contributed by atoms with van der Waals surface area (Å²) in [6, 6.07) is 3.98. The molecule has 1 saturated carbocycles. The van der Waals surface area contributed by atoms with E-state index < -0.39 is 0 Å². The first kappa shape index (κ1) is 19.9. The molecule has 0 spiro atoms. The van der Waals surface area contributed by atoms with Crippen LogP contribution in [0.1, 0.15) is 64.2 Å². The predicted octanol–water partition coefficient (Wildman–Crippen LogP) is 3.87. The lowest BCUT2D eigenvalue weighted by atomic mass is 9.86. The van der Waals surface area contributed by atoms with E-state index in [-0.39, 0.29) is 5.92 Å². The molecule has 2 fully saturated rings. The van der Waals surface area contributed by atoms with Crippen LogP contribution in [0.4, 0.5) is 5.82 Å². The summed E-state index contributed by atoms with van der Waals surface area (Å²) in [5.74, 6) is 3.29. The van der Waals surface area contributed by atoms with E-state index in [1.807, 2.05) is 30.9 Å². The average Bonchev–Trinajstić information content (AvgIpc) is 3.25. The summed E-state index contributed by atoms with van der Waals surface area (Å²) in [5, 5.41) is 4.04. The zero-order valence-corrected chi connectivity index (χ0v) is 17.5. The quantitative estimate of drug-likeness (QED) is 0.762. The van der Waals surface area contributed by atoms with Gasteiger partial charge in [-0.05, 0) is 30.9 Å². The molecule has 1 aliphatic heterocycles. The zero-order valence-electron chi connectivity index (χ0n) is 17.5. The van der Waals surface area contributed by atoms with Crippen LogP contribution in [0.15, 0.2) is 22.9 Å². The Hall–Kier alpha value is -2.44. The lowest BCUT2D eigenvalue weighted by Crippen LogP contribution is -2.49. The van der Waals surface area contributed by atoms with Gasteiger partial charge in [-0.1, -0.05) is 38.3 Å². The Balaban J connectivity index is 1.30. The highest BCUT2D eigenvalue weighted by Gasteiger charge is 2.25. The monoisotopic (exact) mass is 397 g/mol. The third-order valence-corrected chi connectivity index (χ3v) is 6.09. The molecular weight excluding hydrogens is 366 g/mol. The van der Waals surface area contributed by atoms with Crippen molar-refractivity contribution in [2.75, 3.05) is 31.1 Å². The number of carbonyl (C=O) groups is 1. The predicted molar refractivity (Wildman–Crippen MR) is 112 cm³/mol. The van der Waals surface area contributed by atoms with Crippen molar-refractivity contribution in [1.29, 1.82) is 0 Å². The molecule has 0 radical (unpaired) electrons. The molecule has 1 amide bonds. The summed E-state index contributed by atoms with van der Waals surface area (Å²) < 4.78 is 5.28. The maximum Gasteiger partial charge on any atom is 0.229 e. The van der Waals surface area contributed by atoms with Crippen LogP contribution in [-0.4, -0.2) is 52.1 Å². The molecule has 156 valence electrons. The second kappa shape index (κ2) is 8.93. The van der Waals surface area contributed by atoms with Gasteiger partial charge in [-0.15, -0.1) is 0 Å². The summed E-state index contributed by atoms with van der Waals surface area (Å²) >= 11 is 0. The van der Waals surface area contributed by atoms with E-state index in [1.165, 1.54) is 32.1 Å². The minimum absolute atomic E-state index is 0.209. The molecule has 3 heterocycles. The number of carbonyl (C=O) groups excluding carboxylic acids is 1. The van der Waals surface area contributed by atoms with Gasteiger partial charge in [-0.3, -0.25) is 4.79 Å². The Morgan fingerprint density at radius 1 is 1.14 bits per heavy atom. The van der Waals surface area contributed by atoms with Gasteiger partial charge in [0.2, 0.25) is 17.6 Å². The molecule has 0 N–H and O–H groups in total. The first-order valence-corrected chi connectivity index (χ1v) is 10.9. The minimum Gasteiger partial charge on any atom is -0.353 e. The number of hydrogen-bond acceptors (Lipinski definition) is 6. The fraction of sp³-hybridized carbons (Fsp3) is 0.636. The smallest absolute Gasteiger partial charge is 0.229 e. The van der Waals surface area contributed by atoms with E-state index in [0.29, 0.717) is 23.5 Å². The molecule has 29 heavy (non-hydrogen) atoms. The van der Waals surface area contributed by atoms with Crippen molar-refractivity contribution in [2.24, 2.45) is 5.92 Å². The van der Waals surface area contributed by atoms with Gasteiger partial charge in [-0.2, -0.15) is 4.98 Å². The molecule has 1 aliphatic carbocycles. The number of amides is 1. The number of nitrogens with zero attached hydrogens (tertiary/aromatic N) is 5. The third kappa shape index (κ3) is 4.77. The Bertz CT molecular complexity index is 803. The van der Waals surface area contributed by atoms with Crippen LogP contribution < -0.4 is 4.90 Å². The maximum absolute atomic E-state index is 12.6. The normalized spacial score (nSPS) is 18.4. The molecule has 4 rings (SSSR count). The Kier molecular flexibility index (Phi) is 6.11. The zero-order chi connectivity index (χ0) is 20.2. The van der Waals surface area contributed by atoms with Crippen molar-refractivity contribution >= 4 is 11.7 Å². The molecule has 0 unspecified atom stereocenters. The van der Waals surface area contributed by atoms with Crippen molar-refractivity contribution in [2.45, 2.75) is 58.3 Å². The van der Waals surface area contributed by atoms with Crippen LogP contribution in [-0.2, 0) is 4.79 Å². The summed E-state index contributed by atoms with van der Waals surface area (Å²) in [4.78, 5) is 25.9. The second-order valence-electron chi connectivity index (χ2n) is 8.59. The molecule has 7 nitrogen and oxygen atoms in total. The van der Waals surface area contributed by atoms with Crippen molar-refractivity contribution in [1.82, 2.24) is 20.0 Å². The lowest BCUT2D eigenvalue weighted by molar-refractivity contribution is -0.132. The van der Waals surface area contributed by atoms with Crippen LogP contribution >= 0.6 is 0 Å². The van der Waals surface area contributed by atoms with E-state index in [9.17, 15) is 4.79 Å². The molecule has 0 bridgehead atoms. The van der Waals surface area contributed by atoms with Crippen LogP contribution in [0.5, 0.6) is 0 Å². The van der Waals surface area contributed by atoms with Gasteiger partial charge in [-0.25, -0.2) is 4.98 Å². The van der Waals surface area contributed by atoms with Gasteiger partial charge in [0.1, 0.15) is 5.82 Å². The summed E-state index contributed by atoms with van der Waals surface area (Å²) in [5.41, 5.74) is 0.852. The highest BCUT2D eigenvalue weighted by molar-refractivity contribution is 5.76. The van der Waals surface area contributed by atoms with Crippen molar-refractivity contribution in [3.63, 3.8) is 0 Å². The number of anilines is 1. The first-order valence-electron chi connectivity index (χ1n) is 10.9. The summed E-state index contributed by atoms with van der Waals surface area (Å²) in [7, 11) is 0. The fourth-order valence-electron chi connectivity index (χ4n) is 4.24. The number of aromatic nitrogens is 3. The van der Waals surface area contributed by atoms with Gasteiger partial charge < -0.3 is 14.3 Å². The molecule has 7 heteroatoms. The Morgan fingerprint density at radius 3 is 2.52 bits per heavy atom. The van der Waals surface area contributed by atoms with E-state index in [0.717, 1.165) is 44.0 Å². The second-order valence-corrected chi connectivity index (χ2v) is 8.59. The van der Waals surface area contributed by atoms with E-state index >= 15 is 0 Å². The number of hydrogen-bond donors (Lipinski definition) is 0. The van der Waals surface area contributed by atoms with Gasteiger partial charge in [0.15, 0.2) is 0 Å². The van der Waals surface area contributed by atoms with Crippen LogP contribution in [0.3, 0.4) is 0 Å². The van der Waals surface area contributed by atoms with E-state index in [2.05, 4.69) is 20.0 Å². The lowest BCUT2D eigenvalue weighted by Gasteiger charge is -2.36. The van der Waals surface area contributed by atoms with Gasteiger partial charge in [0.05, 0.1) is 0 Å².